The van der Waals surface area contributed by atoms with Crippen molar-refractivity contribution < 1.29 is 9.59 Å². The Hall–Kier alpha value is -1.88. The number of hydrogen-bond acceptors (Lipinski definition) is 3. The molecule has 0 spiro atoms. The van der Waals surface area contributed by atoms with Gasteiger partial charge in [-0.2, -0.15) is 0 Å². The number of amides is 2. The first-order valence-electron chi connectivity index (χ1n) is 7.43. The van der Waals surface area contributed by atoms with E-state index in [1.54, 1.807) is 31.3 Å². The van der Waals surface area contributed by atoms with Crippen LogP contribution in [0.1, 0.15) is 30.1 Å². The Morgan fingerprint density at radius 1 is 1.38 bits per heavy atom. The normalized spacial score (nSPS) is 19.0. The van der Waals surface area contributed by atoms with Crippen molar-refractivity contribution in [3.8, 4) is 0 Å². The van der Waals surface area contributed by atoms with Crippen LogP contribution in [0.5, 0.6) is 0 Å². The van der Waals surface area contributed by atoms with Gasteiger partial charge in [0.25, 0.3) is 5.91 Å². The van der Waals surface area contributed by atoms with Crippen LogP contribution in [0, 0.1) is 5.92 Å². The Morgan fingerprint density at radius 2 is 2.19 bits per heavy atom. The topological polar surface area (TPSA) is 61.4 Å². The molecule has 5 heteroatoms. The molecule has 5 nitrogen and oxygen atoms in total. The van der Waals surface area contributed by atoms with Crippen LogP contribution in [0.15, 0.2) is 24.3 Å². The van der Waals surface area contributed by atoms with Gasteiger partial charge in [0, 0.05) is 24.8 Å². The summed E-state index contributed by atoms with van der Waals surface area (Å²) in [5, 5.41) is 5.44. The predicted molar refractivity (Wildman–Crippen MR) is 83.3 cm³/mol. The fourth-order valence-electron chi connectivity index (χ4n) is 2.72. The SMILES string of the molecule is CNC(=O)c1cccc(NC(=O)CN2CCC[C@H](C)C2)c1. The number of piperidine rings is 1. The number of rotatable bonds is 4. The highest BCUT2D eigenvalue weighted by molar-refractivity contribution is 5.97. The zero-order valence-corrected chi connectivity index (χ0v) is 12.7. The zero-order chi connectivity index (χ0) is 15.2. The van der Waals surface area contributed by atoms with Gasteiger partial charge in [-0.3, -0.25) is 14.5 Å². The molecule has 1 aromatic rings. The lowest BCUT2D eigenvalue weighted by Gasteiger charge is -2.30. The van der Waals surface area contributed by atoms with Crippen LogP contribution in [0.2, 0.25) is 0 Å². The minimum absolute atomic E-state index is 0.0295. The average Bonchev–Trinajstić information content (AvgIpc) is 2.46. The van der Waals surface area contributed by atoms with Crippen LogP contribution in [0.3, 0.4) is 0 Å². The molecule has 0 bridgehead atoms. The van der Waals surface area contributed by atoms with Gasteiger partial charge in [0.2, 0.25) is 5.91 Å². The summed E-state index contributed by atoms with van der Waals surface area (Å²) >= 11 is 0. The molecule has 0 aromatic heterocycles. The van der Waals surface area contributed by atoms with Crippen LogP contribution < -0.4 is 10.6 Å². The maximum atomic E-state index is 12.1. The Balaban J connectivity index is 1.91. The van der Waals surface area contributed by atoms with E-state index < -0.39 is 0 Å². The smallest absolute Gasteiger partial charge is 0.251 e. The first-order chi connectivity index (χ1) is 10.1. The van der Waals surface area contributed by atoms with Crippen molar-refractivity contribution in [1.29, 1.82) is 0 Å². The highest BCUT2D eigenvalue weighted by Gasteiger charge is 2.18. The molecular formula is C16H23N3O2. The van der Waals surface area contributed by atoms with Crippen molar-refractivity contribution in [1.82, 2.24) is 10.2 Å². The molecule has 2 N–H and O–H groups in total. The molecule has 1 saturated heterocycles. The van der Waals surface area contributed by atoms with Crippen LogP contribution in [-0.2, 0) is 4.79 Å². The van der Waals surface area contributed by atoms with E-state index in [2.05, 4.69) is 22.5 Å². The Morgan fingerprint density at radius 3 is 2.90 bits per heavy atom. The lowest BCUT2D eigenvalue weighted by molar-refractivity contribution is -0.117. The minimum atomic E-state index is -0.157. The average molecular weight is 289 g/mol. The summed E-state index contributed by atoms with van der Waals surface area (Å²) in [6, 6.07) is 6.97. The molecule has 1 atom stereocenters. The van der Waals surface area contributed by atoms with Gasteiger partial charge >= 0.3 is 0 Å². The van der Waals surface area contributed by atoms with Gasteiger partial charge in [0.05, 0.1) is 6.54 Å². The lowest BCUT2D eigenvalue weighted by atomic mass is 10.0. The number of anilines is 1. The molecule has 0 unspecified atom stereocenters. The molecular weight excluding hydrogens is 266 g/mol. The second-order valence-corrected chi connectivity index (χ2v) is 5.69. The van der Waals surface area contributed by atoms with E-state index in [1.807, 2.05) is 0 Å². The molecule has 0 saturated carbocycles. The third-order valence-corrected chi connectivity index (χ3v) is 3.74. The van der Waals surface area contributed by atoms with Crippen molar-refractivity contribution in [2.75, 3.05) is 32.0 Å². The summed E-state index contributed by atoms with van der Waals surface area (Å²) in [5.74, 6) is 0.470. The van der Waals surface area contributed by atoms with Crippen LogP contribution in [0.4, 0.5) is 5.69 Å². The molecule has 0 radical (unpaired) electrons. The summed E-state index contributed by atoms with van der Waals surface area (Å²) in [6.07, 6.45) is 2.40. The molecule has 114 valence electrons. The Bertz CT molecular complexity index is 516. The number of benzene rings is 1. The second kappa shape index (κ2) is 7.22. The van der Waals surface area contributed by atoms with Gasteiger partial charge in [-0.15, -0.1) is 0 Å². The van der Waals surface area contributed by atoms with Crippen molar-refractivity contribution in [3.05, 3.63) is 29.8 Å². The molecule has 2 rings (SSSR count). The van der Waals surface area contributed by atoms with Gasteiger partial charge in [0.1, 0.15) is 0 Å². The highest BCUT2D eigenvalue weighted by atomic mass is 16.2. The quantitative estimate of drug-likeness (QED) is 0.887. The Labute approximate surface area is 125 Å². The largest absolute Gasteiger partial charge is 0.355 e. The van der Waals surface area contributed by atoms with E-state index in [-0.39, 0.29) is 11.8 Å². The third kappa shape index (κ3) is 4.56. The molecule has 1 fully saturated rings. The van der Waals surface area contributed by atoms with E-state index in [0.29, 0.717) is 23.7 Å². The number of nitrogens with one attached hydrogen (secondary N) is 2. The first kappa shape index (κ1) is 15.5. The number of nitrogens with zero attached hydrogens (tertiary/aromatic N) is 1. The van der Waals surface area contributed by atoms with Gasteiger partial charge in [-0.1, -0.05) is 13.0 Å². The van der Waals surface area contributed by atoms with Crippen LogP contribution in [0.25, 0.3) is 0 Å². The van der Waals surface area contributed by atoms with E-state index in [0.717, 1.165) is 19.5 Å². The summed E-state index contributed by atoms with van der Waals surface area (Å²) in [6.45, 7) is 4.59. The number of likely N-dealkylation sites (tertiary alicyclic amines) is 1. The molecule has 1 aromatic carbocycles. The van der Waals surface area contributed by atoms with E-state index in [9.17, 15) is 9.59 Å². The zero-order valence-electron chi connectivity index (χ0n) is 12.7. The third-order valence-electron chi connectivity index (χ3n) is 3.74. The molecule has 2 amide bonds. The Kier molecular flexibility index (Phi) is 5.33. The van der Waals surface area contributed by atoms with E-state index in [4.69, 9.17) is 0 Å². The van der Waals surface area contributed by atoms with Gasteiger partial charge in [-0.25, -0.2) is 0 Å². The summed E-state index contributed by atoms with van der Waals surface area (Å²) in [5.41, 5.74) is 1.20. The number of carbonyl (C=O) groups is 2. The lowest BCUT2D eigenvalue weighted by Crippen LogP contribution is -2.39. The van der Waals surface area contributed by atoms with Gasteiger partial charge in [-0.05, 0) is 43.5 Å². The predicted octanol–water partition coefficient (Wildman–Crippen LogP) is 1.72. The van der Waals surface area contributed by atoms with E-state index in [1.165, 1.54) is 6.42 Å². The number of hydrogen-bond donors (Lipinski definition) is 2. The van der Waals surface area contributed by atoms with Crippen molar-refractivity contribution in [2.24, 2.45) is 5.92 Å². The van der Waals surface area contributed by atoms with Gasteiger partial charge < -0.3 is 10.6 Å². The fraction of sp³-hybridized carbons (Fsp3) is 0.500. The van der Waals surface area contributed by atoms with Crippen molar-refractivity contribution >= 4 is 17.5 Å². The van der Waals surface area contributed by atoms with Crippen LogP contribution >= 0.6 is 0 Å². The summed E-state index contributed by atoms with van der Waals surface area (Å²) in [7, 11) is 1.59. The van der Waals surface area contributed by atoms with Gasteiger partial charge in [0.15, 0.2) is 0 Å². The fourth-order valence-corrected chi connectivity index (χ4v) is 2.72. The standard InChI is InChI=1S/C16H23N3O2/c1-12-5-4-8-19(10-12)11-15(20)18-14-7-3-6-13(9-14)16(21)17-2/h3,6-7,9,12H,4-5,8,10-11H2,1-2H3,(H,17,21)(H,18,20)/t12-/m0/s1. The molecule has 0 aliphatic carbocycles. The molecule has 1 aliphatic rings. The molecule has 1 heterocycles. The molecule has 21 heavy (non-hydrogen) atoms. The minimum Gasteiger partial charge on any atom is -0.355 e. The van der Waals surface area contributed by atoms with Crippen LogP contribution in [-0.4, -0.2) is 43.4 Å². The van der Waals surface area contributed by atoms with Crippen molar-refractivity contribution in [3.63, 3.8) is 0 Å². The maximum absolute atomic E-state index is 12.1. The monoisotopic (exact) mass is 289 g/mol. The van der Waals surface area contributed by atoms with Crippen molar-refractivity contribution in [2.45, 2.75) is 19.8 Å². The number of carbonyl (C=O) groups excluding carboxylic acids is 2. The first-order valence-corrected chi connectivity index (χ1v) is 7.43. The highest BCUT2D eigenvalue weighted by Crippen LogP contribution is 2.15. The second-order valence-electron chi connectivity index (χ2n) is 5.69. The summed E-state index contributed by atoms with van der Waals surface area (Å²) < 4.78 is 0. The molecule has 1 aliphatic heterocycles. The maximum Gasteiger partial charge on any atom is 0.251 e. The van der Waals surface area contributed by atoms with E-state index >= 15 is 0 Å². The summed E-state index contributed by atoms with van der Waals surface area (Å²) in [4.78, 5) is 25.8.